The van der Waals surface area contributed by atoms with Gasteiger partial charge in [-0.2, -0.15) is 8.42 Å². The maximum Gasteiger partial charge on any atom is 0.371 e. The number of carboxylic acid groups (broad SMARTS) is 1. The zero-order valence-corrected chi connectivity index (χ0v) is 21.2. The minimum atomic E-state index is -3.67. The predicted molar refractivity (Wildman–Crippen MR) is 132 cm³/mol. The lowest BCUT2D eigenvalue weighted by atomic mass is 10.1. The molecule has 1 N–H and O–H groups in total. The summed E-state index contributed by atoms with van der Waals surface area (Å²) in [6.07, 6.45) is 4.74. The molecule has 0 spiro atoms. The van der Waals surface area contributed by atoms with Crippen LogP contribution < -0.4 is 18.4 Å². The Balaban J connectivity index is 2.16. The zero-order chi connectivity index (χ0) is 25.8. The molecule has 0 radical (unpaired) electrons. The van der Waals surface area contributed by atoms with Crippen molar-refractivity contribution in [3.05, 3.63) is 53.3 Å². The molecule has 192 valence electrons. The van der Waals surface area contributed by atoms with E-state index in [0.29, 0.717) is 42.4 Å². The molecule has 0 atom stereocenters. The van der Waals surface area contributed by atoms with Gasteiger partial charge in [-0.25, -0.2) is 4.79 Å². The average molecular weight is 509 g/mol. The van der Waals surface area contributed by atoms with Crippen LogP contribution in [0.4, 0.5) is 0 Å². The Morgan fingerprint density at radius 1 is 0.971 bits per heavy atom. The molecule has 0 bridgehead atoms. The third kappa shape index (κ3) is 9.40. The maximum atomic E-state index is 11.4. The minimum Gasteiger partial charge on any atom is -0.493 e. The third-order valence-corrected chi connectivity index (χ3v) is 5.13. The molecular weight excluding hydrogens is 476 g/mol. The van der Waals surface area contributed by atoms with Crippen LogP contribution in [0.1, 0.15) is 37.8 Å². The van der Waals surface area contributed by atoms with Crippen molar-refractivity contribution in [3.63, 3.8) is 0 Å². The van der Waals surface area contributed by atoms with E-state index < -0.39 is 16.1 Å². The number of unbranched alkanes of at least 4 members (excludes halogenated alkanes) is 1. The van der Waals surface area contributed by atoms with E-state index in [1.165, 1.54) is 19.3 Å². The summed E-state index contributed by atoms with van der Waals surface area (Å²) in [6.45, 7) is 4.83. The first-order valence-corrected chi connectivity index (χ1v) is 13.0. The summed E-state index contributed by atoms with van der Waals surface area (Å²) in [7, 11) is -2.24. The number of aliphatic carboxylic acids is 1. The summed E-state index contributed by atoms with van der Waals surface area (Å²) in [5, 5.41) is 9.30. The van der Waals surface area contributed by atoms with Gasteiger partial charge in [0.15, 0.2) is 23.0 Å². The molecule has 35 heavy (non-hydrogen) atoms. The molecule has 0 amide bonds. The van der Waals surface area contributed by atoms with Gasteiger partial charge in [0.2, 0.25) is 5.76 Å². The Labute approximate surface area is 206 Å². The molecule has 0 unspecified atom stereocenters. The van der Waals surface area contributed by atoms with E-state index in [9.17, 15) is 18.3 Å². The van der Waals surface area contributed by atoms with Gasteiger partial charge < -0.3 is 28.2 Å². The van der Waals surface area contributed by atoms with Crippen molar-refractivity contribution in [1.29, 1.82) is 0 Å². The molecule has 0 saturated carbocycles. The van der Waals surface area contributed by atoms with Gasteiger partial charge in [0.05, 0.1) is 33.2 Å². The van der Waals surface area contributed by atoms with Crippen LogP contribution in [-0.2, 0) is 26.1 Å². The van der Waals surface area contributed by atoms with E-state index in [2.05, 4.69) is 6.92 Å². The Morgan fingerprint density at radius 3 is 2.31 bits per heavy atom. The third-order valence-electron chi connectivity index (χ3n) is 4.65. The number of hydrogen-bond donors (Lipinski definition) is 1. The minimum absolute atomic E-state index is 0.114. The number of benzene rings is 2. The molecule has 0 saturated heterocycles. The highest BCUT2D eigenvalue weighted by Crippen LogP contribution is 2.31. The topological polar surface area (TPSA) is 118 Å². The molecule has 0 aliphatic heterocycles. The van der Waals surface area contributed by atoms with Gasteiger partial charge in [-0.3, -0.25) is 0 Å². The van der Waals surface area contributed by atoms with E-state index >= 15 is 0 Å². The standard InChI is InChI=1S/C25H32O9S/c1-5-7-13-32-23-16-19(17-24(25(26)27)31-6-2)9-10-20(23)33-14-12-18-8-11-21(22(15-18)30-3)34-35(4,28)29/h8-11,15-17H,5-7,12-14H2,1-4H3,(H,26,27)/b24-17+. The molecule has 0 fully saturated rings. The van der Waals surface area contributed by atoms with Crippen LogP contribution in [0.3, 0.4) is 0 Å². The molecule has 0 aliphatic rings. The van der Waals surface area contributed by atoms with Crippen molar-refractivity contribution in [3.8, 4) is 23.0 Å². The van der Waals surface area contributed by atoms with Gasteiger partial charge in [0.25, 0.3) is 0 Å². The normalized spacial score (nSPS) is 11.6. The van der Waals surface area contributed by atoms with E-state index in [1.807, 2.05) is 0 Å². The summed E-state index contributed by atoms with van der Waals surface area (Å²) in [5.41, 5.74) is 1.47. The fraction of sp³-hybridized carbons (Fsp3) is 0.400. The Morgan fingerprint density at radius 2 is 1.69 bits per heavy atom. The van der Waals surface area contributed by atoms with Crippen LogP contribution in [-0.4, -0.2) is 52.7 Å². The second-order valence-corrected chi connectivity index (χ2v) is 9.10. The van der Waals surface area contributed by atoms with Gasteiger partial charge in [0.1, 0.15) is 0 Å². The summed E-state index contributed by atoms with van der Waals surface area (Å²) in [4.78, 5) is 11.4. The number of carboxylic acids is 1. The quantitative estimate of drug-likeness (QED) is 0.163. The van der Waals surface area contributed by atoms with Crippen molar-refractivity contribution >= 4 is 22.2 Å². The fourth-order valence-corrected chi connectivity index (χ4v) is 3.49. The van der Waals surface area contributed by atoms with E-state index in [4.69, 9.17) is 23.1 Å². The Hall–Kier alpha value is -3.40. The highest BCUT2D eigenvalue weighted by molar-refractivity contribution is 7.86. The number of carbonyl (C=O) groups is 1. The number of methoxy groups -OCH3 is 1. The Bertz CT molecular complexity index is 1120. The number of hydrogen-bond acceptors (Lipinski definition) is 8. The van der Waals surface area contributed by atoms with Crippen molar-refractivity contribution in [2.24, 2.45) is 0 Å². The maximum absolute atomic E-state index is 11.4. The smallest absolute Gasteiger partial charge is 0.371 e. The van der Waals surface area contributed by atoms with Gasteiger partial charge in [0, 0.05) is 6.42 Å². The lowest BCUT2D eigenvalue weighted by Crippen LogP contribution is -2.08. The molecule has 10 heteroatoms. The SMILES string of the molecule is CCCCOc1cc(/C=C(/OCC)C(=O)O)ccc1OCCc1ccc(OS(C)(=O)=O)c(OC)c1. The second-order valence-electron chi connectivity index (χ2n) is 7.53. The average Bonchev–Trinajstić information content (AvgIpc) is 2.80. The molecule has 2 aromatic rings. The van der Waals surface area contributed by atoms with Crippen molar-refractivity contribution in [1.82, 2.24) is 0 Å². The second kappa shape index (κ2) is 13.5. The number of ether oxygens (including phenoxy) is 4. The van der Waals surface area contributed by atoms with Gasteiger partial charge in [-0.15, -0.1) is 0 Å². The zero-order valence-electron chi connectivity index (χ0n) is 20.4. The fourth-order valence-electron chi connectivity index (χ4n) is 3.02. The highest BCUT2D eigenvalue weighted by atomic mass is 32.2. The lowest BCUT2D eigenvalue weighted by molar-refractivity contribution is -0.136. The van der Waals surface area contributed by atoms with Crippen molar-refractivity contribution < 1.29 is 41.4 Å². The Kier molecular flexibility index (Phi) is 10.7. The summed E-state index contributed by atoms with van der Waals surface area (Å²) in [5.74, 6) is 0.138. The van der Waals surface area contributed by atoms with Gasteiger partial charge in [-0.05, 0) is 54.8 Å². The van der Waals surface area contributed by atoms with Crippen molar-refractivity contribution in [2.45, 2.75) is 33.1 Å². The van der Waals surface area contributed by atoms with Crippen LogP contribution in [0.25, 0.3) is 6.08 Å². The van der Waals surface area contributed by atoms with E-state index in [1.54, 1.807) is 37.3 Å². The van der Waals surface area contributed by atoms with Gasteiger partial charge >= 0.3 is 16.1 Å². The van der Waals surface area contributed by atoms with Crippen LogP contribution in [0.2, 0.25) is 0 Å². The lowest BCUT2D eigenvalue weighted by Gasteiger charge is -2.14. The molecule has 0 aromatic heterocycles. The molecule has 0 heterocycles. The molecule has 9 nitrogen and oxygen atoms in total. The molecule has 0 aliphatic carbocycles. The monoisotopic (exact) mass is 508 g/mol. The van der Waals surface area contributed by atoms with Crippen LogP contribution in [0.5, 0.6) is 23.0 Å². The summed E-state index contributed by atoms with van der Waals surface area (Å²) >= 11 is 0. The largest absolute Gasteiger partial charge is 0.493 e. The summed E-state index contributed by atoms with van der Waals surface area (Å²) in [6, 6.07) is 10.1. The van der Waals surface area contributed by atoms with Crippen LogP contribution in [0.15, 0.2) is 42.2 Å². The summed E-state index contributed by atoms with van der Waals surface area (Å²) < 4.78 is 50.0. The first-order valence-electron chi connectivity index (χ1n) is 11.2. The number of rotatable bonds is 15. The van der Waals surface area contributed by atoms with Crippen LogP contribution >= 0.6 is 0 Å². The molecule has 2 rings (SSSR count). The van der Waals surface area contributed by atoms with Crippen LogP contribution in [0, 0.1) is 0 Å². The van der Waals surface area contributed by atoms with Gasteiger partial charge in [-0.1, -0.05) is 25.5 Å². The first-order chi connectivity index (χ1) is 16.7. The first kappa shape index (κ1) is 27.8. The highest BCUT2D eigenvalue weighted by Gasteiger charge is 2.13. The van der Waals surface area contributed by atoms with Crippen molar-refractivity contribution in [2.75, 3.05) is 33.2 Å². The van der Waals surface area contributed by atoms with E-state index in [-0.39, 0.29) is 18.1 Å². The molecular formula is C25H32O9S. The molecule has 2 aromatic carbocycles. The predicted octanol–water partition coefficient (Wildman–Crippen LogP) is 4.30. The van der Waals surface area contributed by atoms with E-state index in [0.717, 1.165) is 24.7 Å².